The molecule has 39 heavy (non-hydrogen) atoms. The monoisotopic (exact) mass is 552 g/mol. The molecular weight excluding hydrogens is 533 g/mol. The summed E-state index contributed by atoms with van der Waals surface area (Å²) < 4.78 is 70.9. The van der Waals surface area contributed by atoms with Crippen LogP contribution in [0.15, 0.2) is 87.2 Å². The van der Waals surface area contributed by atoms with Crippen molar-refractivity contribution in [3.05, 3.63) is 101 Å². The third-order valence-electron chi connectivity index (χ3n) is 6.22. The van der Waals surface area contributed by atoms with Gasteiger partial charge in [0, 0.05) is 48.3 Å². The number of nitrogens with zero attached hydrogens (tertiary/aromatic N) is 2. The minimum Gasteiger partial charge on any atom is -0.486 e. The van der Waals surface area contributed by atoms with Crippen LogP contribution < -0.4 is 20.3 Å². The molecule has 8 nitrogen and oxygen atoms in total. The van der Waals surface area contributed by atoms with Crippen LogP contribution in [0.1, 0.15) is 0 Å². The maximum Gasteiger partial charge on any atom is 0.255 e. The van der Waals surface area contributed by atoms with Crippen LogP contribution in [0.5, 0.6) is 5.75 Å². The number of fused-ring (bicyclic) bond motifs is 1. The first kappa shape index (κ1) is 24.9. The van der Waals surface area contributed by atoms with E-state index in [-0.39, 0.29) is 28.7 Å². The molecule has 1 fully saturated rings. The zero-order valence-electron chi connectivity index (χ0n) is 20.0. The highest BCUT2D eigenvalue weighted by Crippen LogP contribution is 2.35. The molecule has 0 amide bonds. The Morgan fingerprint density at radius 3 is 2.49 bits per heavy atom. The Labute approximate surface area is 221 Å². The van der Waals surface area contributed by atoms with Gasteiger partial charge in [-0.25, -0.2) is 17.4 Å². The van der Waals surface area contributed by atoms with Crippen molar-refractivity contribution in [2.45, 2.75) is 11.0 Å². The Kier molecular flexibility index (Phi) is 6.41. The van der Waals surface area contributed by atoms with Crippen LogP contribution in [0.4, 0.5) is 19.0 Å². The lowest BCUT2D eigenvalue weighted by Crippen LogP contribution is -2.50. The first-order chi connectivity index (χ1) is 18.9. The molecular formula is C27H19F3N4O4S. The third kappa shape index (κ3) is 4.91. The molecule has 6 rings (SSSR count). The number of ether oxygens (including phenoxy) is 1. The van der Waals surface area contributed by atoms with Crippen molar-refractivity contribution in [1.29, 1.82) is 0 Å². The molecule has 2 N–H and O–H groups in total. The van der Waals surface area contributed by atoms with E-state index in [0.717, 1.165) is 18.2 Å². The van der Waals surface area contributed by atoms with Gasteiger partial charge in [-0.1, -0.05) is 5.16 Å². The molecule has 1 aliphatic heterocycles. The molecule has 1 atom stereocenters. The van der Waals surface area contributed by atoms with E-state index >= 15 is 4.39 Å². The van der Waals surface area contributed by atoms with Gasteiger partial charge in [0.25, 0.3) is 5.56 Å². The van der Waals surface area contributed by atoms with Gasteiger partial charge in [0.05, 0.1) is 16.1 Å². The van der Waals surface area contributed by atoms with Gasteiger partial charge in [0.2, 0.25) is 0 Å². The Morgan fingerprint density at radius 1 is 1.00 bits per heavy atom. The van der Waals surface area contributed by atoms with Crippen LogP contribution in [0.25, 0.3) is 27.7 Å². The number of anilines is 1. The van der Waals surface area contributed by atoms with Crippen molar-refractivity contribution in [2.75, 3.05) is 17.8 Å². The molecule has 3 aromatic carbocycles. The Balaban J connectivity index is 1.48. The van der Waals surface area contributed by atoms with E-state index < -0.39 is 34.0 Å². The fraction of sp³-hybridized carbons (Fsp3) is 0.111. The highest BCUT2D eigenvalue weighted by Gasteiger charge is 2.24. The molecule has 0 aliphatic carbocycles. The Morgan fingerprint density at radius 2 is 1.79 bits per heavy atom. The van der Waals surface area contributed by atoms with Crippen LogP contribution in [0, 0.1) is 17.5 Å². The predicted octanol–water partition coefficient (Wildman–Crippen LogP) is 4.55. The highest BCUT2D eigenvalue weighted by molar-refractivity contribution is 7.86. The summed E-state index contributed by atoms with van der Waals surface area (Å²) in [5.41, 5.74) is -0.0254. The van der Waals surface area contributed by atoms with Gasteiger partial charge in [-0.05, 0) is 48.0 Å². The summed E-state index contributed by atoms with van der Waals surface area (Å²) in [6, 6.07) is 14.4. The van der Waals surface area contributed by atoms with Crippen molar-refractivity contribution in [3.8, 4) is 22.6 Å². The van der Waals surface area contributed by atoms with Crippen LogP contribution in [0.2, 0.25) is 0 Å². The van der Waals surface area contributed by atoms with E-state index in [1.165, 1.54) is 29.0 Å². The average Bonchev–Trinajstić information content (AvgIpc) is 3.39. The lowest BCUT2D eigenvalue weighted by molar-refractivity contribution is 0.142. The quantitative estimate of drug-likeness (QED) is 0.308. The molecule has 198 valence electrons. The molecule has 1 unspecified atom stereocenters. The van der Waals surface area contributed by atoms with Gasteiger partial charge in [-0.3, -0.25) is 14.1 Å². The first-order valence-corrected chi connectivity index (χ1v) is 12.9. The summed E-state index contributed by atoms with van der Waals surface area (Å²) in [6.07, 6.45) is 1.10. The minimum absolute atomic E-state index is 0.00913. The van der Waals surface area contributed by atoms with Crippen LogP contribution in [0.3, 0.4) is 0 Å². The lowest BCUT2D eigenvalue weighted by Gasteiger charge is -2.29. The van der Waals surface area contributed by atoms with Gasteiger partial charge < -0.3 is 14.6 Å². The SMILES string of the molecule is O=c1ccc2cc(S(=O)Nc3ccon3)ccc2n1-c1cc(F)c(-c2cc(F)cc(F)c2)cc1OC1CNC1. The first-order valence-electron chi connectivity index (χ1n) is 11.8. The summed E-state index contributed by atoms with van der Waals surface area (Å²) >= 11 is 0. The zero-order valence-corrected chi connectivity index (χ0v) is 20.8. The Hall–Kier alpha value is -4.42. The topological polar surface area (TPSA) is 98.4 Å². The fourth-order valence-corrected chi connectivity index (χ4v) is 5.11. The molecule has 1 saturated heterocycles. The van der Waals surface area contributed by atoms with Crippen LogP contribution >= 0.6 is 0 Å². The molecule has 3 heterocycles. The summed E-state index contributed by atoms with van der Waals surface area (Å²) in [4.78, 5) is 13.5. The van der Waals surface area contributed by atoms with Crippen molar-refractivity contribution in [1.82, 2.24) is 15.0 Å². The number of rotatable bonds is 7. The number of hydrogen-bond donors (Lipinski definition) is 2. The number of aromatic nitrogens is 2. The number of halogens is 3. The minimum atomic E-state index is -1.68. The number of nitrogens with one attached hydrogen (secondary N) is 2. The predicted molar refractivity (Wildman–Crippen MR) is 139 cm³/mol. The van der Waals surface area contributed by atoms with Gasteiger partial charge in [0.1, 0.15) is 35.6 Å². The van der Waals surface area contributed by atoms with Crippen LogP contribution in [-0.2, 0) is 11.0 Å². The van der Waals surface area contributed by atoms with Crippen LogP contribution in [-0.4, -0.2) is 33.1 Å². The van der Waals surface area contributed by atoms with Crippen molar-refractivity contribution in [2.24, 2.45) is 0 Å². The standard InChI is InChI=1S/C27H19F3N4O4S/c28-17-7-16(8-18(29)10-17)21-11-25(38-19-13-31-14-19)24(12-22(21)30)34-23-3-2-20(9-15(23)1-4-27(34)35)39(36)33-26-5-6-37-32-26/h1-12,19,31H,13-14H2,(H,32,33). The Bertz CT molecular complexity index is 1770. The number of hydrogen-bond acceptors (Lipinski definition) is 6. The molecule has 0 spiro atoms. The molecule has 0 bridgehead atoms. The fourth-order valence-electron chi connectivity index (χ4n) is 4.27. The molecule has 12 heteroatoms. The molecule has 5 aromatic rings. The summed E-state index contributed by atoms with van der Waals surface area (Å²) in [6.45, 7) is 1.08. The molecule has 0 radical (unpaired) electrons. The summed E-state index contributed by atoms with van der Waals surface area (Å²) in [5.74, 6) is -2.05. The third-order valence-corrected chi connectivity index (χ3v) is 7.29. The molecule has 2 aromatic heterocycles. The maximum absolute atomic E-state index is 15.5. The van der Waals surface area contributed by atoms with E-state index in [9.17, 15) is 17.8 Å². The smallest absolute Gasteiger partial charge is 0.255 e. The summed E-state index contributed by atoms with van der Waals surface area (Å²) in [5, 5.41) is 7.31. The second kappa shape index (κ2) is 10.0. The van der Waals surface area contributed by atoms with Gasteiger partial charge in [-0.15, -0.1) is 0 Å². The zero-order chi connectivity index (χ0) is 27.1. The number of pyridine rings is 1. The lowest BCUT2D eigenvalue weighted by atomic mass is 10.0. The second-order valence-corrected chi connectivity index (χ2v) is 10.1. The van der Waals surface area contributed by atoms with Gasteiger partial charge in [-0.2, -0.15) is 0 Å². The molecule has 0 saturated carbocycles. The van der Waals surface area contributed by atoms with E-state index in [1.54, 1.807) is 24.3 Å². The highest BCUT2D eigenvalue weighted by atomic mass is 32.2. The van der Waals surface area contributed by atoms with Gasteiger partial charge >= 0.3 is 0 Å². The largest absolute Gasteiger partial charge is 0.486 e. The van der Waals surface area contributed by atoms with Gasteiger partial charge in [0.15, 0.2) is 16.8 Å². The number of benzene rings is 3. The van der Waals surface area contributed by atoms with Crippen molar-refractivity contribution < 1.29 is 26.6 Å². The van der Waals surface area contributed by atoms with E-state index in [1.807, 2.05) is 0 Å². The maximum atomic E-state index is 15.5. The van der Waals surface area contributed by atoms with E-state index in [0.29, 0.717) is 40.8 Å². The normalized spacial score (nSPS) is 14.2. The van der Waals surface area contributed by atoms with E-state index in [2.05, 4.69) is 15.2 Å². The van der Waals surface area contributed by atoms with E-state index in [4.69, 9.17) is 9.26 Å². The van der Waals surface area contributed by atoms with Crippen molar-refractivity contribution >= 4 is 27.7 Å². The van der Waals surface area contributed by atoms with Crippen molar-refractivity contribution in [3.63, 3.8) is 0 Å². The second-order valence-electron chi connectivity index (χ2n) is 8.84. The average molecular weight is 553 g/mol. The molecule has 1 aliphatic rings. The summed E-state index contributed by atoms with van der Waals surface area (Å²) in [7, 11) is -1.68.